The zero-order valence-corrected chi connectivity index (χ0v) is 16.3. The van der Waals surface area contributed by atoms with Crippen LogP contribution in [-0.4, -0.2) is 32.5 Å². The number of nitrogens with one attached hydrogen (secondary N) is 2. The molecule has 140 valence electrons. The Morgan fingerprint density at radius 2 is 1.92 bits per heavy atom. The van der Waals surface area contributed by atoms with E-state index in [1.54, 1.807) is 0 Å². The van der Waals surface area contributed by atoms with Crippen molar-refractivity contribution < 1.29 is 4.79 Å². The van der Waals surface area contributed by atoms with Crippen molar-refractivity contribution in [2.45, 2.75) is 56.8 Å². The Bertz CT molecular complexity index is 722. The van der Waals surface area contributed by atoms with E-state index in [9.17, 15) is 4.79 Å². The van der Waals surface area contributed by atoms with Crippen LogP contribution in [0.15, 0.2) is 29.4 Å². The van der Waals surface area contributed by atoms with E-state index in [4.69, 9.17) is 0 Å². The van der Waals surface area contributed by atoms with E-state index in [0.29, 0.717) is 18.3 Å². The lowest BCUT2D eigenvalue weighted by Crippen LogP contribution is -2.37. The van der Waals surface area contributed by atoms with Gasteiger partial charge < -0.3 is 15.2 Å². The highest BCUT2D eigenvalue weighted by Crippen LogP contribution is 2.19. The second-order valence-electron chi connectivity index (χ2n) is 6.87. The van der Waals surface area contributed by atoms with Crippen LogP contribution in [0.4, 0.5) is 5.69 Å². The van der Waals surface area contributed by atoms with Gasteiger partial charge in [0, 0.05) is 18.8 Å². The SMILES string of the molecule is Cc1ccc(NCc2nnc(SCC(=O)NC3CCCCC3)n2C)cc1. The second kappa shape index (κ2) is 9.07. The third-order valence-corrected chi connectivity index (χ3v) is 5.75. The predicted octanol–water partition coefficient (Wildman–Crippen LogP) is 3.28. The molecule has 3 rings (SSSR count). The highest BCUT2D eigenvalue weighted by Gasteiger charge is 2.17. The molecule has 26 heavy (non-hydrogen) atoms. The summed E-state index contributed by atoms with van der Waals surface area (Å²) in [6.45, 7) is 2.67. The molecule has 1 saturated carbocycles. The highest BCUT2D eigenvalue weighted by atomic mass is 32.2. The monoisotopic (exact) mass is 373 g/mol. The largest absolute Gasteiger partial charge is 0.378 e. The highest BCUT2D eigenvalue weighted by molar-refractivity contribution is 7.99. The molecule has 0 spiro atoms. The fourth-order valence-electron chi connectivity index (χ4n) is 3.12. The molecular weight excluding hydrogens is 346 g/mol. The van der Waals surface area contributed by atoms with Crippen molar-refractivity contribution in [1.82, 2.24) is 20.1 Å². The van der Waals surface area contributed by atoms with Gasteiger partial charge in [-0.15, -0.1) is 10.2 Å². The first-order valence-electron chi connectivity index (χ1n) is 9.23. The lowest BCUT2D eigenvalue weighted by Gasteiger charge is -2.22. The molecule has 0 atom stereocenters. The Kier molecular flexibility index (Phi) is 6.55. The van der Waals surface area contributed by atoms with Crippen LogP contribution in [0.25, 0.3) is 0 Å². The maximum atomic E-state index is 12.1. The molecule has 1 aromatic heterocycles. The average Bonchev–Trinajstić information content (AvgIpc) is 3.00. The van der Waals surface area contributed by atoms with Gasteiger partial charge in [-0.3, -0.25) is 4.79 Å². The lowest BCUT2D eigenvalue weighted by molar-refractivity contribution is -0.119. The van der Waals surface area contributed by atoms with E-state index in [1.165, 1.54) is 36.6 Å². The standard InChI is InChI=1S/C19H27N5OS/c1-14-8-10-15(11-9-14)20-12-17-22-23-19(24(17)2)26-13-18(25)21-16-6-4-3-5-7-16/h8-11,16,20H,3-7,12-13H2,1-2H3,(H,21,25). The number of hydrogen-bond donors (Lipinski definition) is 2. The summed E-state index contributed by atoms with van der Waals surface area (Å²) in [6.07, 6.45) is 5.95. The minimum atomic E-state index is 0.0873. The summed E-state index contributed by atoms with van der Waals surface area (Å²) in [5, 5.41) is 15.7. The number of aromatic nitrogens is 3. The van der Waals surface area contributed by atoms with Gasteiger partial charge in [0.15, 0.2) is 11.0 Å². The van der Waals surface area contributed by atoms with Crippen molar-refractivity contribution in [3.63, 3.8) is 0 Å². The Labute approximate surface area is 159 Å². The van der Waals surface area contributed by atoms with Crippen molar-refractivity contribution in [3.05, 3.63) is 35.7 Å². The van der Waals surface area contributed by atoms with Crippen molar-refractivity contribution in [3.8, 4) is 0 Å². The summed E-state index contributed by atoms with van der Waals surface area (Å²) >= 11 is 1.44. The number of amides is 1. The minimum absolute atomic E-state index is 0.0873. The number of aryl methyl sites for hydroxylation is 1. The quantitative estimate of drug-likeness (QED) is 0.729. The zero-order valence-electron chi connectivity index (χ0n) is 15.5. The molecule has 0 radical (unpaired) electrons. The van der Waals surface area contributed by atoms with Crippen molar-refractivity contribution >= 4 is 23.4 Å². The molecule has 1 aliphatic rings. The van der Waals surface area contributed by atoms with Crippen LogP contribution in [0.1, 0.15) is 43.5 Å². The van der Waals surface area contributed by atoms with Crippen molar-refractivity contribution in [2.24, 2.45) is 7.05 Å². The van der Waals surface area contributed by atoms with Gasteiger partial charge in [0.1, 0.15) is 0 Å². The molecule has 0 aliphatic heterocycles. The predicted molar refractivity (Wildman–Crippen MR) is 105 cm³/mol. The molecule has 2 N–H and O–H groups in total. The van der Waals surface area contributed by atoms with Gasteiger partial charge in [-0.2, -0.15) is 0 Å². The molecule has 1 aromatic carbocycles. The fraction of sp³-hybridized carbons (Fsp3) is 0.526. The summed E-state index contributed by atoms with van der Waals surface area (Å²) in [5.74, 6) is 1.32. The Hall–Kier alpha value is -2.02. The van der Waals surface area contributed by atoms with Crippen LogP contribution >= 0.6 is 11.8 Å². The normalized spacial score (nSPS) is 15.0. The van der Waals surface area contributed by atoms with Crippen LogP contribution in [0.2, 0.25) is 0 Å². The molecule has 1 fully saturated rings. The molecule has 1 heterocycles. The number of benzene rings is 1. The first-order valence-corrected chi connectivity index (χ1v) is 10.2. The number of hydrogen-bond acceptors (Lipinski definition) is 5. The number of anilines is 1. The number of nitrogens with zero attached hydrogens (tertiary/aromatic N) is 3. The number of thioether (sulfide) groups is 1. The minimum Gasteiger partial charge on any atom is -0.378 e. The van der Waals surface area contributed by atoms with E-state index in [0.717, 1.165) is 29.5 Å². The topological polar surface area (TPSA) is 71.8 Å². The molecule has 1 aliphatic carbocycles. The first kappa shape index (κ1) is 18.8. The molecule has 0 saturated heterocycles. The number of carbonyl (C=O) groups is 1. The summed E-state index contributed by atoms with van der Waals surface area (Å²) in [4.78, 5) is 12.1. The van der Waals surface area contributed by atoms with Gasteiger partial charge in [0.25, 0.3) is 0 Å². The van der Waals surface area contributed by atoms with E-state index in [1.807, 2.05) is 11.6 Å². The maximum Gasteiger partial charge on any atom is 0.230 e. The molecule has 6 nitrogen and oxygen atoms in total. The average molecular weight is 374 g/mol. The molecule has 7 heteroatoms. The van der Waals surface area contributed by atoms with Gasteiger partial charge >= 0.3 is 0 Å². The van der Waals surface area contributed by atoms with Gasteiger partial charge in [-0.1, -0.05) is 48.7 Å². The van der Waals surface area contributed by atoms with Gasteiger partial charge in [0.05, 0.1) is 12.3 Å². The van der Waals surface area contributed by atoms with Crippen molar-refractivity contribution in [1.29, 1.82) is 0 Å². The van der Waals surface area contributed by atoms with Gasteiger partial charge in [0.2, 0.25) is 5.91 Å². The second-order valence-corrected chi connectivity index (χ2v) is 7.81. The number of rotatable bonds is 7. The first-order chi connectivity index (χ1) is 12.6. The van der Waals surface area contributed by atoms with Crippen LogP contribution in [0, 0.1) is 6.92 Å². The summed E-state index contributed by atoms with van der Waals surface area (Å²) in [6, 6.07) is 8.61. The summed E-state index contributed by atoms with van der Waals surface area (Å²) in [5.41, 5.74) is 2.29. The number of carbonyl (C=O) groups excluding carboxylic acids is 1. The van der Waals surface area contributed by atoms with Crippen LogP contribution < -0.4 is 10.6 Å². The van der Waals surface area contributed by atoms with E-state index < -0.39 is 0 Å². The fourth-order valence-corrected chi connectivity index (χ4v) is 3.86. The van der Waals surface area contributed by atoms with E-state index in [2.05, 4.69) is 52.0 Å². The lowest BCUT2D eigenvalue weighted by atomic mass is 9.95. The molecule has 1 amide bonds. The van der Waals surface area contributed by atoms with Gasteiger partial charge in [-0.05, 0) is 31.9 Å². The zero-order chi connectivity index (χ0) is 18.4. The van der Waals surface area contributed by atoms with E-state index >= 15 is 0 Å². The molecular formula is C19H27N5OS. The molecule has 0 bridgehead atoms. The van der Waals surface area contributed by atoms with E-state index in [-0.39, 0.29) is 5.91 Å². The van der Waals surface area contributed by atoms with Crippen LogP contribution in [0.3, 0.4) is 0 Å². The van der Waals surface area contributed by atoms with Crippen LogP contribution in [-0.2, 0) is 18.4 Å². The Morgan fingerprint density at radius 3 is 2.65 bits per heavy atom. The Morgan fingerprint density at radius 1 is 1.19 bits per heavy atom. The van der Waals surface area contributed by atoms with Crippen LogP contribution in [0.5, 0.6) is 0 Å². The molecule has 2 aromatic rings. The molecule has 0 unspecified atom stereocenters. The summed E-state index contributed by atoms with van der Waals surface area (Å²) in [7, 11) is 1.94. The summed E-state index contributed by atoms with van der Waals surface area (Å²) < 4.78 is 1.94. The smallest absolute Gasteiger partial charge is 0.230 e. The third-order valence-electron chi connectivity index (χ3n) is 4.73. The van der Waals surface area contributed by atoms with Gasteiger partial charge in [-0.25, -0.2) is 0 Å². The Balaban J connectivity index is 1.47. The van der Waals surface area contributed by atoms with Crippen molar-refractivity contribution in [2.75, 3.05) is 11.1 Å². The maximum absolute atomic E-state index is 12.1. The third kappa shape index (κ3) is 5.24.